The van der Waals surface area contributed by atoms with Crippen molar-refractivity contribution in [3.63, 3.8) is 0 Å². The van der Waals surface area contributed by atoms with Crippen molar-refractivity contribution in [1.82, 2.24) is 9.99 Å². The molecule has 0 spiro atoms. The number of hydrogen-bond donors (Lipinski definition) is 2. The molecule has 1 aliphatic heterocycles. The fourth-order valence-electron chi connectivity index (χ4n) is 3.31. The van der Waals surface area contributed by atoms with Gasteiger partial charge in [-0.05, 0) is 56.3 Å². The lowest BCUT2D eigenvalue weighted by Crippen LogP contribution is -2.25. The van der Waals surface area contributed by atoms with E-state index in [9.17, 15) is 4.79 Å². The van der Waals surface area contributed by atoms with Crippen molar-refractivity contribution in [1.29, 1.82) is 0 Å². The number of fused-ring (bicyclic) bond motifs is 1. The normalized spacial score (nSPS) is 12.4. The number of carbonyl (C=O) groups excluding carboxylic acids is 1. The summed E-state index contributed by atoms with van der Waals surface area (Å²) in [4.78, 5) is 12.1. The molecule has 7 nitrogen and oxygen atoms in total. The Morgan fingerprint density at radius 3 is 2.70 bits per heavy atom. The first-order valence-corrected chi connectivity index (χ1v) is 9.79. The molecule has 154 valence electrons. The molecule has 0 saturated heterocycles. The fraction of sp³-hybridized carbons (Fsp3) is 0.182. The number of nitrogens with zero attached hydrogens (tertiary/aromatic N) is 2. The third-order valence-corrected chi connectivity index (χ3v) is 5.03. The third-order valence-electron chi connectivity index (χ3n) is 4.77. The Bertz CT molecular complexity index is 1110. The molecule has 0 aliphatic carbocycles. The largest absolute Gasteiger partial charge is 0.454 e. The van der Waals surface area contributed by atoms with Crippen LogP contribution in [-0.2, 0) is 4.79 Å². The van der Waals surface area contributed by atoms with E-state index in [1.165, 1.54) is 0 Å². The number of ether oxygens (including phenoxy) is 2. The Kier molecular flexibility index (Phi) is 5.63. The van der Waals surface area contributed by atoms with Gasteiger partial charge in [-0.25, -0.2) is 5.43 Å². The second kappa shape index (κ2) is 8.51. The number of aryl methyl sites for hydroxylation is 1. The molecule has 8 heteroatoms. The van der Waals surface area contributed by atoms with Crippen molar-refractivity contribution in [2.75, 3.05) is 18.7 Å². The van der Waals surface area contributed by atoms with Crippen LogP contribution in [-0.4, -0.2) is 30.0 Å². The van der Waals surface area contributed by atoms with E-state index >= 15 is 0 Å². The van der Waals surface area contributed by atoms with Gasteiger partial charge in [0.1, 0.15) is 0 Å². The molecule has 0 fully saturated rings. The van der Waals surface area contributed by atoms with E-state index in [2.05, 4.69) is 20.4 Å². The number of hydrazone groups is 1. The van der Waals surface area contributed by atoms with Gasteiger partial charge in [0.2, 0.25) is 6.79 Å². The van der Waals surface area contributed by atoms with Crippen molar-refractivity contribution >= 4 is 29.4 Å². The number of anilines is 1. The van der Waals surface area contributed by atoms with Crippen molar-refractivity contribution in [2.24, 2.45) is 5.10 Å². The highest BCUT2D eigenvalue weighted by atomic mass is 35.5. The lowest BCUT2D eigenvalue weighted by molar-refractivity contribution is -0.119. The van der Waals surface area contributed by atoms with E-state index < -0.39 is 0 Å². The van der Waals surface area contributed by atoms with Crippen molar-refractivity contribution < 1.29 is 14.3 Å². The molecule has 0 unspecified atom stereocenters. The minimum Gasteiger partial charge on any atom is -0.454 e. The molecule has 2 N–H and O–H groups in total. The number of hydrogen-bond acceptors (Lipinski definition) is 5. The first kappa shape index (κ1) is 19.8. The smallest absolute Gasteiger partial charge is 0.259 e. The topological polar surface area (TPSA) is 76.9 Å². The van der Waals surface area contributed by atoms with E-state index in [1.807, 2.05) is 50.2 Å². The predicted molar refractivity (Wildman–Crippen MR) is 117 cm³/mol. The van der Waals surface area contributed by atoms with Crippen LogP contribution in [0.5, 0.6) is 11.5 Å². The summed E-state index contributed by atoms with van der Waals surface area (Å²) in [6.45, 7) is 4.33. The highest BCUT2D eigenvalue weighted by molar-refractivity contribution is 6.30. The van der Waals surface area contributed by atoms with E-state index in [4.69, 9.17) is 21.1 Å². The van der Waals surface area contributed by atoms with Gasteiger partial charge in [-0.15, -0.1) is 0 Å². The van der Waals surface area contributed by atoms with Gasteiger partial charge in [-0.3, -0.25) is 4.79 Å². The number of amides is 1. The van der Waals surface area contributed by atoms with Crippen LogP contribution in [0.1, 0.15) is 17.0 Å². The number of nitrogens with one attached hydrogen (secondary N) is 2. The van der Waals surface area contributed by atoms with Gasteiger partial charge in [0.25, 0.3) is 5.91 Å². The molecule has 1 aromatic heterocycles. The summed E-state index contributed by atoms with van der Waals surface area (Å²) in [6.07, 6.45) is 1.65. The van der Waals surface area contributed by atoms with E-state index in [0.29, 0.717) is 16.5 Å². The number of rotatable bonds is 6. The molecule has 1 aliphatic rings. The van der Waals surface area contributed by atoms with Crippen LogP contribution in [0.2, 0.25) is 5.02 Å². The third kappa shape index (κ3) is 4.26. The standard InChI is InChI=1S/C22H21ClN4O3/c1-14-9-16(15(2)27(14)19-6-3-17(23)4-7-19)11-25-26-22(28)12-24-18-5-8-20-21(10-18)30-13-29-20/h3-11,24H,12-13H2,1-2H3,(H,26,28)/b25-11-. The highest BCUT2D eigenvalue weighted by Gasteiger charge is 2.13. The Balaban J connectivity index is 1.35. The van der Waals surface area contributed by atoms with Crippen LogP contribution in [0.25, 0.3) is 5.69 Å². The van der Waals surface area contributed by atoms with E-state index in [1.54, 1.807) is 18.3 Å². The lowest BCUT2D eigenvalue weighted by Gasteiger charge is -2.09. The van der Waals surface area contributed by atoms with Crippen molar-refractivity contribution in [3.8, 4) is 17.2 Å². The summed E-state index contributed by atoms with van der Waals surface area (Å²) in [7, 11) is 0. The minimum atomic E-state index is -0.254. The van der Waals surface area contributed by atoms with Gasteiger partial charge in [-0.1, -0.05) is 11.6 Å². The summed E-state index contributed by atoms with van der Waals surface area (Å²) in [6, 6.07) is 15.1. The second-order valence-electron chi connectivity index (χ2n) is 6.85. The minimum absolute atomic E-state index is 0.0841. The van der Waals surface area contributed by atoms with Gasteiger partial charge < -0.3 is 19.4 Å². The Hall–Kier alpha value is -3.45. The first-order chi connectivity index (χ1) is 14.5. The Morgan fingerprint density at radius 2 is 1.90 bits per heavy atom. The van der Waals surface area contributed by atoms with Gasteiger partial charge >= 0.3 is 0 Å². The number of halogens is 1. The second-order valence-corrected chi connectivity index (χ2v) is 7.29. The quantitative estimate of drug-likeness (QED) is 0.462. The van der Waals surface area contributed by atoms with E-state index in [-0.39, 0.29) is 19.2 Å². The number of carbonyl (C=O) groups is 1. The maximum Gasteiger partial charge on any atom is 0.259 e. The van der Waals surface area contributed by atoms with Crippen LogP contribution in [0.3, 0.4) is 0 Å². The summed E-state index contributed by atoms with van der Waals surface area (Å²) in [5, 5.41) is 7.82. The van der Waals surface area contributed by atoms with Crippen molar-refractivity contribution in [2.45, 2.75) is 13.8 Å². The molecule has 2 heterocycles. The van der Waals surface area contributed by atoms with Crippen LogP contribution in [0.15, 0.2) is 53.6 Å². The fourth-order valence-corrected chi connectivity index (χ4v) is 3.43. The van der Waals surface area contributed by atoms with Crippen molar-refractivity contribution in [3.05, 3.63) is 70.5 Å². The summed E-state index contributed by atoms with van der Waals surface area (Å²) >= 11 is 5.98. The highest BCUT2D eigenvalue weighted by Crippen LogP contribution is 2.34. The Labute approximate surface area is 179 Å². The zero-order valence-corrected chi connectivity index (χ0v) is 17.4. The zero-order valence-electron chi connectivity index (χ0n) is 16.6. The zero-order chi connectivity index (χ0) is 21.1. The van der Waals surface area contributed by atoms with Gasteiger partial charge in [0.05, 0.1) is 12.8 Å². The molecular weight excluding hydrogens is 404 g/mol. The average Bonchev–Trinajstić information content (AvgIpc) is 3.31. The summed E-state index contributed by atoms with van der Waals surface area (Å²) in [5.74, 6) is 1.11. The van der Waals surface area contributed by atoms with Crippen LogP contribution in [0.4, 0.5) is 5.69 Å². The van der Waals surface area contributed by atoms with Gasteiger partial charge in [-0.2, -0.15) is 5.10 Å². The van der Waals surface area contributed by atoms with Crippen LogP contribution in [0, 0.1) is 13.8 Å². The summed E-state index contributed by atoms with van der Waals surface area (Å²) < 4.78 is 12.7. The molecule has 0 atom stereocenters. The molecule has 0 radical (unpaired) electrons. The van der Waals surface area contributed by atoms with Gasteiger partial charge in [0.15, 0.2) is 11.5 Å². The maximum atomic E-state index is 12.1. The lowest BCUT2D eigenvalue weighted by atomic mass is 10.2. The van der Waals surface area contributed by atoms with E-state index in [0.717, 1.165) is 28.3 Å². The first-order valence-electron chi connectivity index (χ1n) is 9.41. The molecule has 1 amide bonds. The molecule has 0 bridgehead atoms. The maximum absolute atomic E-state index is 12.1. The van der Waals surface area contributed by atoms with Crippen LogP contribution >= 0.6 is 11.6 Å². The SMILES string of the molecule is Cc1cc(/C=N\NC(=O)CNc2ccc3c(c2)OCO3)c(C)n1-c1ccc(Cl)cc1. The molecule has 3 aromatic rings. The van der Waals surface area contributed by atoms with Crippen LogP contribution < -0.4 is 20.2 Å². The molecule has 4 rings (SSSR count). The summed E-state index contributed by atoms with van der Waals surface area (Å²) in [5.41, 5.74) is 7.33. The average molecular weight is 425 g/mol. The predicted octanol–water partition coefficient (Wildman–Crippen LogP) is 4.04. The molecular formula is C22H21ClN4O3. The number of aromatic nitrogens is 1. The number of benzene rings is 2. The molecule has 2 aromatic carbocycles. The molecule has 0 saturated carbocycles. The Morgan fingerprint density at radius 1 is 1.13 bits per heavy atom. The molecule has 30 heavy (non-hydrogen) atoms. The van der Waals surface area contributed by atoms with Gasteiger partial charge in [0, 0.05) is 39.4 Å². The monoisotopic (exact) mass is 424 g/mol.